The molecule has 2 heterocycles. The molecule has 3 N–H and O–H groups in total. The number of rotatable bonds is 1. The predicted molar refractivity (Wildman–Crippen MR) is 78.2 cm³/mol. The lowest BCUT2D eigenvalue weighted by atomic mass is 10.1. The third kappa shape index (κ3) is 1.39. The van der Waals surface area contributed by atoms with Gasteiger partial charge in [-0.25, -0.2) is 0 Å². The molecule has 0 atom stereocenters. The third-order valence-corrected chi connectivity index (χ3v) is 4.39. The molecule has 0 aliphatic heterocycles. The third-order valence-electron chi connectivity index (χ3n) is 4.39. The van der Waals surface area contributed by atoms with E-state index in [1.165, 1.54) is 0 Å². The molecule has 2 aromatic heterocycles. The zero-order valence-electron chi connectivity index (χ0n) is 11.3. The fourth-order valence-electron chi connectivity index (χ4n) is 3.24. The second kappa shape index (κ2) is 3.52. The van der Waals surface area contributed by atoms with Gasteiger partial charge in [0.05, 0.1) is 11.4 Å². The first-order valence-electron chi connectivity index (χ1n) is 7.11. The highest BCUT2D eigenvalue weighted by Crippen LogP contribution is 2.41. The van der Waals surface area contributed by atoms with Gasteiger partial charge in [-0.1, -0.05) is 6.07 Å². The molecule has 0 bridgehead atoms. The maximum Gasteiger partial charge on any atom is 0.294 e. The van der Waals surface area contributed by atoms with Crippen LogP contribution in [0.2, 0.25) is 0 Å². The largest absolute Gasteiger partial charge is 0.399 e. The van der Waals surface area contributed by atoms with E-state index in [2.05, 4.69) is 15.2 Å². The van der Waals surface area contributed by atoms with Gasteiger partial charge in [0.15, 0.2) is 0 Å². The molecule has 0 saturated heterocycles. The monoisotopic (exact) mass is 279 g/mol. The Morgan fingerprint density at radius 2 is 2.14 bits per heavy atom. The van der Waals surface area contributed by atoms with Gasteiger partial charge in [0.2, 0.25) is 5.65 Å². The van der Waals surface area contributed by atoms with Gasteiger partial charge in [0.1, 0.15) is 5.82 Å². The Bertz CT molecular complexity index is 964. The number of anilines is 1. The number of nitrogens with two attached hydrogens (primary N) is 1. The van der Waals surface area contributed by atoms with Crippen LogP contribution in [0.4, 0.5) is 5.69 Å². The number of hydrogen-bond acceptors (Lipinski definition) is 4. The minimum Gasteiger partial charge on any atom is -0.399 e. The highest BCUT2D eigenvalue weighted by atomic mass is 16.1. The summed E-state index contributed by atoms with van der Waals surface area (Å²) in [5, 5.41) is 8.33. The van der Waals surface area contributed by atoms with Gasteiger partial charge >= 0.3 is 0 Å². The van der Waals surface area contributed by atoms with Crippen molar-refractivity contribution >= 4 is 11.3 Å². The molecule has 5 rings (SSSR count). The molecule has 6 nitrogen and oxygen atoms in total. The van der Waals surface area contributed by atoms with E-state index in [0.29, 0.717) is 11.6 Å². The maximum absolute atomic E-state index is 12.3. The van der Waals surface area contributed by atoms with Gasteiger partial charge in [-0.05, 0) is 30.5 Å². The summed E-state index contributed by atoms with van der Waals surface area (Å²) in [5.41, 5.74) is 11.0. The van der Waals surface area contributed by atoms with Crippen LogP contribution in [0, 0.1) is 0 Å². The molecule has 3 aromatic rings. The van der Waals surface area contributed by atoms with Crippen molar-refractivity contribution in [1.82, 2.24) is 19.6 Å². The zero-order valence-corrected chi connectivity index (χ0v) is 11.3. The zero-order chi connectivity index (χ0) is 14.1. The second-order valence-corrected chi connectivity index (χ2v) is 5.86. The Labute approximate surface area is 119 Å². The van der Waals surface area contributed by atoms with E-state index in [4.69, 9.17) is 5.73 Å². The minimum absolute atomic E-state index is 0.183. The van der Waals surface area contributed by atoms with Crippen LogP contribution in [0.1, 0.15) is 35.8 Å². The number of nitrogens with one attached hydrogen (secondary N) is 1. The van der Waals surface area contributed by atoms with Crippen LogP contribution in [0.25, 0.3) is 16.9 Å². The Hall–Kier alpha value is -2.63. The summed E-state index contributed by atoms with van der Waals surface area (Å²) in [6, 6.07) is 5.81. The Morgan fingerprint density at radius 3 is 2.95 bits per heavy atom. The van der Waals surface area contributed by atoms with Crippen molar-refractivity contribution in [2.24, 2.45) is 0 Å². The summed E-state index contributed by atoms with van der Waals surface area (Å²) in [7, 11) is 0. The quantitative estimate of drug-likeness (QED) is 0.516. The summed E-state index contributed by atoms with van der Waals surface area (Å²) in [5.74, 6) is 1.37. The summed E-state index contributed by atoms with van der Waals surface area (Å²) >= 11 is 0. The summed E-state index contributed by atoms with van der Waals surface area (Å²) in [6.45, 7) is 0. The summed E-state index contributed by atoms with van der Waals surface area (Å²) < 4.78 is 1.96. The molecule has 0 amide bonds. The molecular weight excluding hydrogens is 266 g/mol. The van der Waals surface area contributed by atoms with Crippen LogP contribution in [0.5, 0.6) is 0 Å². The van der Waals surface area contributed by atoms with Gasteiger partial charge in [-0.15, -0.1) is 10.2 Å². The van der Waals surface area contributed by atoms with E-state index >= 15 is 0 Å². The van der Waals surface area contributed by atoms with Crippen LogP contribution in [-0.2, 0) is 6.42 Å². The van der Waals surface area contributed by atoms with Crippen molar-refractivity contribution in [3.63, 3.8) is 0 Å². The lowest BCUT2D eigenvalue weighted by Crippen LogP contribution is -2.14. The molecular formula is C15H13N5O. The first-order chi connectivity index (χ1) is 10.2. The number of fused-ring (bicyclic) bond motifs is 5. The molecule has 104 valence electrons. The lowest BCUT2D eigenvalue weighted by Gasteiger charge is -2.05. The van der Waals surface area contributed by atoms with E-state index in [-0.39, 0.29) is 5.56 Å². The smallest absolute Gasteiger partial charge is 0.294 e. The maximum atomic E-state index is 12.3. The number of benzene rings is 1. The molecule has 2 aliphatic carbocycles. The Kier molecular flexibility index (Phi) is 1.86. The molecule has 1 aromatic carbocycles. The van der Waals surface area contributed by atoms with E-state index in [0.717, 1.165) is 53.3 Å². The van der Waals surface area contributed by atoms with Crippen molar-refractivity contribution in [3.05, 3.63) is 45.6 Å². The van der Waals surface area contributed by atoms with Crippen molar-refractivity contribution in [2.45, 2.75) is 25.2 Å². The van der Waals surface area contributed by atoms with E-state index in [9.17, 15) is 4.79 Å². The van der Waals surface area contributed by atoms with Gasteiger partial charge in [0, 0.05) is 23.6 Å². The predicted octanol–water partition coefficient (Wildman–Crippen LogP) is 1.45. The molecule has 1 saturated carbocycles. The minimum atomic E-state index is -0.183. The summed E-state index contributed by atoms with van der Waals surface area (Å²) in [4.78, 5) is 15.2. The van der Waals surface area contributed by atoms with E-state index in [1.54, 1.807) is 0 Å². The van der Waals surface area contributed by atoms with Gasteiger partial charge in [0.25, 0.3) is 5.56 Å². The normalized spacial score (nSPS) is 16.2. The topological polar surface area (TPSA) is 89.1 Å². The lowest BCUT2D eigenvalue weighted by molar-refractivity contribution is 0.866. The molecule has 6 heteroatoms. The fraction of sp³-hybridized carbons (Fsp3) is 0.267. The number of H-pyrrole nitrogens is 1. The first kappa shape index (κ1) is 11.1. The van der Waals surface area contributed by atoms with Crippen LogP contribution in [0.15, 0.2) is 23.0 Å². The number of nitrogens with zero attached hydrogens (tertiary/aromatic N) is 3. The van der Waals surface area contributed by atoms with E-state index < -0.39 is 0 Å². The Balaban J connectivity index is 1.88. The average molecular weight is 279 g/mol. The molecule has 2 aliphatic rings. The molecule has 1 fully saturated rings. The van der Waals surface area contributed by atoms with Crippen LogP contribution in [-0.4, -0.2) is 19.6 Å². The van der Waals surface area contributed by atoms with Crippen molar-refractivity contribution in [2.75, 3.05) is 5.73 Å². The van der Waals surface area contributed by atoms with Gasteiger partial charge < -0.3 is 10.7 Å². The molecule has 0 unspecified atom stereocenters. The van der Waals surface area contributed by atoms with Gasteiger partial charge in [-0.2, -0.15) is 0 Å². The molecule has 0 spiro atoms. The standard InChI is InChI=1S/C15H13N5O/c16-9-3-4-10-8(5-9)6-11-12(10)17-15(21)14-19-18-13(20(11)14)7-1-2-7/h3-5,7H,1-2,6,16H2,(H,17,21). The first-order valence-corrected chi connectivity index (χ1v) is 7.11. The Morgan fingerprint density at radius 1 is 1.29 bits per heavy atom. The number of hydrogen-bond donors (Lipinski definition) is 2. The van der Waals surface area contributed by atoms with Crippen molar-refractivity contribution < 1.29 is 0 Å². The van der Waals surface area contributed by atoms with Crippen LogP contribution < -0.4 is 11.3 Å². The number of aromatic nitrogens is 4. The molecule has 21 heavy (non-hydrogen) atoms. The number of aromatic amines is 1. The van der Waals surface area contributed by atoms with Gasteiger partial charge in [-0.3, -0.25) is 9.20 Å². The van der Waals surface area contributed by atoms with Crippen molar-refractivity contribution in [1.29, 1.82) is 0 Å². The van der Waals surface area contributed by atoms with Crippen molar-refractivity contribution in [3.8, 4) is 11.3 Å². The second-order valence-electron chi connectivity index (χ2n) is 5.86. The average Bonchev–Trinajstić information content (AvgIpc) is 3.10. The molecule has 0 radical (unpaired) electrons. The van der Waals surface area contributed by atoms with E-state index in [1.807, 2.05) is 22.6 Å². The number of nitrogen functional groups attached to an aromatic ring is 1. The highest BCUT2D eigenvalue weighted by Gasteiger charge is 2.32. The highest BCUT2D eigenvalue weighted by molar-refractivity contribution is 5.75. The fourth-order valence-corrected chi connectivity index (χ4v) is 3.24. The SMILES string of the molecule is Nc1ccc2c(c1)Cc1c-2[nH]c(=O)c2nnc(C3CC3)n12. The van der Waals surface area contributed by atoms with Crippen LogP contribution in [0.3, 0.4) is 0 Å². The van der Waals surface area contributed by atoms with Crippen LogP contribution >= 0.6 is 0 Å². The summed E-state index contributed by atoms with van der Waals surface area (Å²) in [6.07, 6.45) is 3.01.